The zero-order valence-corrected chi connectivity index (χ0v) is 13.1. The molecule has 1 N–H and O–H groups in total. The number of aliphatic carboxylic acids is 1. The minimum absolute atomic E-state index is 0.150. The number of carboxylic acid groups (broad SMARTS) is 1. The second-order valence-electron chi connectivity index (χ2n) is 5.17. The van der Waals surface area contributed by atoms with E-state index in [4.69, 9.17) is 5.11 Å². The molecular formula is C14H27O4P. The Morgan fingerprint density at radius 3 is 1.79 bits per heavy atom. The first-order valence-corrected chi connectivity index (χ1v) is 8.57. The van der Waals surface area contributed by atoms with Gasteiger partial charge in [-0.05, 0) is 12.8 Å². The highest BCUT2D eigenvalue weighted by atomic mass is 31.1. The van der Waals surface area contributed by atoms with Crippen LogP contribution in [-0.4, -0.2) is 16.2 Å². The van der Waals surface area contributed by atoms with Crippen molar-refractivity contribution in [3.63, 3.8) is 0 Å². The molecule has 0 aliphatic rings. The first kappa shape index (κ1) is 18.4. The van der Waals surface area contributed by atoms with Crippen molar-refractivity contribution in [1.82, 2.24) is 0 Å². The van der Waals surface area contributed by atoms with E-state index < -0.39 is 18.8 Å². The standard InChI is InChI=1S/C14H27O4P/c1-3-5-6-7-8-9-10-11-12-14(4-2,13(15)16)19(17)18/h3-12H2,1-2H3,(H,15,16). The first-order chi connectivity index (χ1) is 9.01. The fourth-order valence-corrected chi connectivity index (χ4v) is 3.04. The third-order valence-electron chi connectivity index (χ3n) is 3.78. The van der Waals surface area contributed by atoms with E-state index in [0.29, 0.717) is 6.42 Å². The lowest BCUT2D eigenvalue weighted by molar-refractivity contribution is -0.140. The van der Waals surface area contributed by atoms with Gasteiger partial charge in [0.15, 0.2) is 5.16 Å². The van der Waals surface area contributed by atoms with Gasteiger partial charge in [0.2, 0.25) is 0 Å². The molecule has 0 rings (SSSR count). The fourth-order valence-electron chi connectivity index (χ4n) is 2.28. The summed E-state index contributed by atoms with van der Waals surface area (Å²) in [6.07, 6.45) is 9.21. The van der Waals surface area contributed by atoms with E-state index in [0.717, 1.165) is 19.3 Å². The van der Waals surface area contributed by atoms with Crippen molar-refractivity contribution in [2.24, 2.45) is 0 Å². The predicted molar refractivity (Wildman–Crippen MR) is 76.2 cm³/mol. The van der Waals surface area contributed by atoms with Crippen molar-refractivity contribution >= 4 is 13.6 Å². The maximum Gasteiger partial charge on any atom is 0.333 e. The van der Waals surface area contributed by atoms with E-state index >= 15 is 0 Å². The lowest BCUT2D eigenvalue weighted by Crippen LogP contribution is -2.32. The lowest BCUT2D eigenvalue weighted by atomic mass is 9.96. The summed E-state index contributed by atoms with van der Waals surface area (Å²) in [5.41, 5.74) is 0. The Kier molecular flexibility index (Phi) is 9.85. The van der Waals surface area contributed by atoms with Crippen LogP contribution in [0.3, 0.4) is 0 Å². The summed E-state index contributed by atoms with van der Waals surface area (Å²) in [7, 11) is -2.92. The topological polar surface area (TPSA) is 71.4 Å². The lowest BCUT2D eigenvalue weighted by Gasteiger charge is -2.19. The third kappa shape index (κ3) is 6.38. The molecule has 0 aromatic rings. The molecule has 0 aliphatic heterocycles. The van der Waals surface area contributed by atoms with E-state index in [2.05, 4.69) is 6.92 Å². The number of unbranched alkanes of at least 4 members (excludes halogenated alkanes) is 7. The average molecular weight is 290 g/mol. The molecule has 0 fully saturated rings. The number of rotatable bonds is 12. The molecule has 0 radical (unpaired) electrons. The highest BCUT2D eigenvalue weighted by Gasteiger charge is 2.42. The Morgan fingerprint density at radius 2 is 1.42 bits per heavy atom. The van der Waals surface area contributed by atoms with Gasteiger partial charge in [-0.25, -0.2) is 9.13 Å². The van der Waals surface area contributed by atoms with Crippen molar-refractivity contribution < 1.29 is 19.0 Å². The van der Waals surface area contributed by atoms with Crippen LogP contribution >= 0.6 is 7.68 Å². The molecule has 1 unspecified atom stereocenters. The number of hydrogen-bond acceptors (Lipinski definition) is 3. The maximum atomic E-state index is 11.2. The molecular weight excluding hydrogens is 263 g/mol. The Balaban J connectivity index is 3.93. The normalized spacial score (nSPS) is 14.0. The number of carboxylic acids is 1. The van der Waals surface area contributed by atoms with Crippen LogP contribution in [0, 0.1) is 0 Å². The van der Waals surface area contributed by atoms with Crippen LogP contribution in [0.4, 0.5) is 0 Å². The Bertz CT molecular complexity index is 317. The molecule has 112 valence electrons. The van der Waals surface area contributed by atoms with Gasteiger partial charge in [-0.15, -0.1) is 0 Å². The zero-order valence-electron chi connectivity index (χ0n) is 12.2. The van der Waals surface area contributed by atoms with Crippen LogP contribution in [-0.2, 0) is 13.9 Å². The summed E-state index contributed by atoms with van der Waals surface area (Å²) in [5.74, 6) is -1.20. The van der Waals surface area contributed by atoms with Crippen LogP contribution in [0.5, 0.6) is 0 Å². The van der Waals surface area contributed by atoms with E-state index in [9.17, 15) is 13.9 Å². The molecule has 0 amide bonds. The summed E-state index contributed by atoms with van der Waals surface area (Å²) in [5, 5.41) is 7.57. The number of carbonyl (C=O) groups is 1. The molecule has 0 bridgehead atoms. The van der Waals surface area contributed by atoms with Gasteiger partial charge in [-0.2, -0.15) is 0 Å². The monoisotopic (exact) mass is 290 g/mol. The smallest absolute Gasteiger partial charge is 0.333 e. The summed E-state index contributed by atoms with van der Waals surface area (Å²) in [6.45, 7) is 3.81. The largest absolute Gasteiger partial charge is 0.480 e. The number of hydrogen-bond donors (Lipinski definition) is 1. The van der Waals surface area contributed by atoms with Crippen molar-refractivity contribution in [2.45, 2.75) is 83.2 Å². The minimum Gasteiger partial charge on any atom is -0.480 e. The zero-order chi connectivity index (χ0) is 14.7. The molecule has 19 heavy (non-hydrogen) atoms. The maximum absolute atomic E-state index is 11.2. The van der Waals surface area contributed by atoms with Gasteiger partial charge in [0.05, 0.1) is 0 Å². The van der Waals surface area contributed by atoms with Crippen molar-refractivity contribution in [3.05, 3.63) is 0 Å². The van der Waals surface area contributed by atoms with Crippen LogP contribution < -0.4 is 0 Å². The second-order valence-corrected chi connectivity index (χ2v) is 6.54. The Morgan fingerprint density at radius 1 is 0.947 bits per heavy atom. The van der Waals surface area contributed by atoms with Crippen LogP contribution in [0.25, 0.3) is 0 Å². The van der Waals surface area contributed by atoms with Crippen molar-refractivity contribution in [1.29, 1.82) is 0 Å². The molecule has 0 heterocycles. The van der Waals surface area contributed by atoms with Gasteiger partial charge in [0.25, 0.3) is 0 Å². The highest BCUT2D eigenvalue weighted by Crippen LogP contribution is 2.38. The molecule has 0 aliphatic carbocycles. The van der Waals surface area contributed by atoms with E-state index in [1.165, 1.54) is 25.7 Å². The molecule has 0 saturated heterocycles. The summed E-state index contributed by atoms with van der Waals surface area (Å²) < 4.78 is 22.4. The molecule has 0 aromatic heterocycles. The predicted octanol–water partition coefficient (Wildman–Crippen LogP) is 4.92. The average Bonchev–Trinajstić information content (AvgIpc) is 2.36. The molecule has 5 heteroatoms. The van der Waals surface area contributed by atoms with E-state index in [1.807, 2.05) is 0 Å². The summed E-state index contributed by atoms with van der Waals surface area (Å²) in [6, 6.07) is 0. The molecule has 4 nitrogen and oxygen atoms in total. The van der Waals surface area contributed by atoms with Gasteiger partial charge >= 0.3 is 13.6 Å². The van der Waals surface area contributed by atoms with Gasteiger partial charge in [0, 0.05) is 0 Å². The fraction of sp³-hybridized carbons (Fsp3) is 0.929. The van der Waals surface area contributed by atoms with Crippen LogP contribution in [0.1, 0.15) is 78.1 Å². The molecule has 0 spiro atoms. The van der Waals surface area contributed by atoms with Crippen LogP contribution in [0.15, 0.2) is 0 Å². The van der Waals surface area contributed by atoms with Gasteiger partial charge in [-0.1, -0.05) is 65.2 Å². The molecule has 0 saturated carbocycles. The first-order valence-electron chi connectivity index (χ1n) is 7.39. The Hall–Kier alpha value is -0.630. The van der Waals surface area contributed by atoms with Gasteiger partial charge < -0.3 is 5.11 Å². The summed E-state index contributed by atoms with van der Waals surface area (Å²) >= 11 is 0. The van der Waals surface area contributed by atoms with Gasteiger partial charge in [0.1, 0.15) is 0 Å². The van der Waals surface area contributed by atoms with E-state index in [1.54, 1.807) is 6.92 Å². The van der Waals surface area contributed by atoms with E-state index in [-0.39, 0.29) is 12.8 Å². The van der Waals surface area contributed by atoms with Crippen LogP contribution in [0.2, 0.25) is 0 Å². The molecule has 0 aromatic carbocycles. The van der Waals surface area contributed by atoms with Crippen molar-refractivity contribution in [3.8, 4) is 0 Å². The SMILES string of the molecule is CCCCCCCCCCC(CC)(C(=O)O)P(=O)=O. The Labute approximate surface area is 116 Å². The molecule has 1 atom stereocenters. The minimum atomic E-state index is -2.92. The summed E-state index contributed by atoms with van der Waals surface area (Å²) in [4.78, 5) is 11.1. The highest BCUT2D eigenvalue weighted by molar-refractivity contribution is 7.34. The third-order valence-corrected chi connectivity index (χ3v) is 5.21. The second kappa shape index (κ2) is 10.2. The van der Waals surface area contributed by atoms with Gasteiger partial charge in [-0.3, -0.25) is 4.79 Å². The van der Waals surface area contributed by atoms with Crippen molar-refractivity contribution in [2.75, 3.05) is 0 Å². The quantitative estimate of drug-likeness (QED) is 0.409.